The van der Waals surface area contributed by atoms with Crippen LogP contribution < -0.4 is 9.16 Å². The second-order valence-corrected chi connectivity index (χ2v) is 2.49. The highest BCUT2D eigenvalue weighted by Gasteiger charge is 2.16. The Morgan fingerprint density at radius 2 is 2.15 bits per heavy atom. The number of aromatic nitrogens is 3. The lowest BCUT2D eigenvalue weighted by Gasteiger charge is -2.07. The fourth-order valence-electron chi connectivity index (χ4n) is 1.12. The Morgan fingerprint density at radius 3 is 2.85 bits per heavy atom. The van der Waals surface area contributed by atoms with E-state index in [9.17, 15) is 15.3 Å². The van der Waals surface area contributed by atoms with Gasteiger partial charge in [-0.25, -0.2) is 0 Å². The summed E-state index contributed by atoms with van der Waals surface area (Å²) in [6, 6.07) is 2.81. The third-order valence-electron chi connectivity index (χ3n) is 1.70. The van der Waals surface area contributed by atoms with Gasteiger partial charge in [-0.3, -0.25) is 0 Å². The van der Waals surface area contributed by atoms with Gasteiger partial charge in [0.1, 0.15) is 4.43 Å². The normalized spacial score (nSPS) is 10.5. The number of rotatable bonds is 0. The molecule has 6 heteroatoms. The van der Waals surface area contributed by atoms with Crippen LogP contribution >= 0.6 is 0 Å². The number of nitrogens with zero attached hydrogens (tertiary/aromatic N) is 3. The van der Waals surface area contributed by atoms with Crippen molar-refractivity contribution in [3.05, 3.63) is 46.0 Å². The molecule has 0 unspecified atom stereocenters. The minimum Gasteiger partial charge on any atom is -0.805 e. The van der Waals surface area contributed by atoms with Crippen LogP contribution in [0.4, 0.5) is 0 Å². The van der Waals surface area contributed by atoms with Gasteiger partial charge in [0, 0.05) is 11.0 Å². The summed E-state index contributed by atoms with van der Waals surface area (Å²) in [6.45, 7) is 0. The summed E-state index contributed by atoms with van der Waals surface area (Å²) in [5.41, 5.74) is -0.157. The van der Waals surface area contributed by atoms with Crippen LogP contribution in [0.25, 0.3) is 11.2 Å². The Hall–Kier alpha value is -2.11. The predicted octanol–water partition coefficient (Wildman–Crippen LogP) is -0.465. The topological polar surface area (TPSA) is 77.9 Å². The molecule has 0 saturated carbocycles. The van der Waals surface area contributed by atoms with E-state index in [0.717, 1.165) is 18.6 Å². The van der Waals surface area contributed by atoms with E-state index in [-0.39, 0.29) is 11.2 Å². The van der Waals surface area contributed by atoms with Crippen molar-refractivity contribution in [2.45, 2.75) is 0 Å². The molecule has 2 heterocycles. The van der Waals surface area contributed by atoms with Crippen molar-refractivity contribution in [2.75, 3.05) is 0 Å². The van der Waals surface area contributed by atoms with Crippen molar-refractivity contribution < 1.29 is 9.16 Å². The first-order chi connectivity index (χ1) is 6.20. The molecular formula is C7H5N3O3. The maximum atomic E-state index is 11.1. The van der Waals surface area contributed by atoms with Gasteiger partial charge in [-0.2, -0.15) is 0 Å². The number of fused-ring (bicyclic) bond motifs is 1. The summed E-state index contributed by atoms with van der Waals surface area (Å²) in [7, 11) is 0. The van der Waals surface area contributed by atoms with Gasteiger partial charge in [0.15, 0.2) is 11.7 Å². The van der Waals surface area contributed by atoms with Gasteiger partial charge in [0.2, 0.25) is 0 Å². The minimum atomic E-state index is -0.208. The van der Waals surface area contributed by atoms with Crippen LogP contribution in [0.15, 0.2) is 30.7 Å². The fraction of sp³-hybridized carbons (Fsp3) is 0. The molecule has 0 aliphatic carbocycles. The lowest BCUT2D eigenvalue weighted by molar-refractivity contribution is -0.650. The summed E-state index contributed by atoms with van der Waals surface area (Å²) in [5.74, 6) is 0. The van der Waals surface area contributed by atoms with Gasteiger partial charge in [-0.1, -0.05) is 0 Å². The zero-order valence-electron chi connectivity index (χ0n) is 6.45. The highest BCUT2D eigenvalue weighted by Crippen LogP contribution is 2.01. The first-order valence-corrected chi connectivity index (χ1v) is 3.53. The minimum absolute atomic E-state index is 0.0509. The molecular weight excluding hydrogens is 174 g/mol. The van der Waals surface area contributed by atoms with Crippen LogP contribution in [0, 0.1) is 15.3 Å². The second-order valence-electron chi connectivity index (χ2n) is 2.49. The predicted molar refractivity (Wildman–Crippen MR) is 43.0 cm³/mol. The highest BCUT2D eigenvalue weighted by atomic mass is 16.5. The van der Waals surface area contributed by atoms with Crippen molar-refractivity contribution in [1.29, 1.82) is 0 Å². The van der Waals surface area contributed by atoms with Crippen LogP contribution in [0.2, 0.25) is 0 Å². The molecule has 6 nitrogen and oxygen atoms in total. The quantitative estimate of drug-likeness (QED) is 0.405. The van der Waals surface area contributed by atoms with E-state index in [4.69, 9.17) is 0 Å². The molecule has 2 aromatic heterocycles. The van der Waals surface area contributed by atoms with Crippen molar-refractivity contribution in [1.82, 2.24) is 4.73 Å². The molecule has 13 heavy (non-hydrogen) atoms. The average Bonchev–Trinajstić information content (AvgIpc) is 2.12. The van der Waals surface area contributed by atoms with E-state index >= 15 is 0 Å². The standard InChI is InChI=1S/C7H5N3O3/c11-8-4-5-10(13)7-6(8)2-1-3-9(7)12/h1-5H. The van der Waals surface area contributed by atoms with E-state index < -0.39 is 0 Å². The molecule has 2 rings (SSSR count). The van der Waals surface area contributed by atoms with E-state index in [1.54, 1.807) is 0 Å². The molecule has 66 valence electrons. The van der Waals surface area contributed by atoms with Crippen molar-refractivity contribution >= 4 is 11.2 Å². The molecule has 0 radical (unpaired) electrons. The first kappa shape index (κ1) is 7.53. The summed E-state index contributed by atoms with van der Waals surface area (Å²) < 4.78 is 1.19. The molecule has 0 fully saturated rings. The summed E-state index contributed by atoms with van der Waals surface area (Å²) in [4.78, 5) is 11.1. The van der Waals surface area contributed by atoms with E-state index in [0.29, 0.717) is 13.9 Å². The zero-order valence-corrected chi connectivity index (χ0v) is 6.45. The number of hydrogen-bond acceptors (Lipinski definition) is 3. The largest absolute Gasteiger partial charge is 0.805 e. The van der Waals surface area contributed by atoms with Crippen molar-refractivity contribution in [3.8, 4) is 0 Å². The lowest BCUT2D eigenvalue weighted by atomic mass is 10.4. The Bertz CT molecular complexity index is 520. The molecule has 0 aromatic carbocycles. The Balaban J connectivity index is 3.09. The first-order valence-electron chi connectivity index (χ1n) is 3.53. The van der Waals surface area contributed by atoms with Gasteiger partial charge < -0.3 is 15.1 Å². The maximum absolute atomic E-state index is 11.1. The van der Waals surface area contributed by atoms with E-state index in [1.807, 2.05) is 0 Å². The number of pyridine rings is 1. The van der Waals surface area contributed by atoms with E-state index in [2.05, 4.69) is 0 Å². The third kappa shape index (κ3) is 0.994. The van der Waals surface area contributed by atoms with Crippen LogP contribution in [0.1, 0.15) is 0 Å². The van der Waals surface area contributed by atoms with Crippen molar-refractivity contribution in [3.63, 3.8) is 0 Å². The van der Waals surface area contributed by atoms with Gasteiger partial charge in [-0.15, -0.1) is 4.73 Å². The molecule has 0 spiro atoms. The Labute approximate surface area is 72.0 Å². The molecule has 0 bridgehead atoms. The number of hydrogen-bond donors (Lipinski definition) is 0. The van der Waals surface area contributed by atoms with Crippen LogP contribution in [0.3, 0.4) is 0 Å². The zero-order chi connectivity index (χ0) is 9.42. The SMILES string of the molecule is O=[n+]1ccn([O-])c2ccc[n+]([O-])c21. The molecule has 0 saturated heterocycles. The van der Waals surface area contributed by atoms with Gasteiger partial charge in [0.25, 0.3) is 6.20 Å². The smallest absolute Gasteiger partial charge is 0.530 e. The summed E-state index contributed by atoms with van der Waals surface area (Å²) >= 11 is 0. The third-order valence-corrected chi connectivity index (χ3v) is 1.70. The average molecular weight is 179 g/mol. The summed E-state index contributed by atoms with van der Waals surface area (Å²) in [6.07, 6.45) is 3.20. The summed E-state index contributed by atoms with van der Waals surface area (Å²) in [5, 5.41) is 22.2. The van der Waals surface area contributed by atoms with Crippen LogP contribution in [-0.2, 0) is 0 Å². The molecule has 0 aliphatic rings. The molecule has 0 atom stereocenters. The van der Waals surface area contributed by atoms with Crippen LogP contribution in [0.5, 0.6) is 0 Å². The Kier molecular flexibility index (Phi) is 1.42. The van der Waals surface area contributed by atoms with E-state index in [1.165, 1.54) is 12.1 Å². The van der Waals surface area contributed by atoms with Gasteiger partial charge >= 0.3 is 5.65 Å². The molecule has 0 amide bonds. The Morgan fingerprint density at radius 1 is 1.38 bits per heavy atom. The fourth-order valence-corrected chi connectivity index (χ4v) is 1.12. The molecule has 0 N–H and O–H groups in total. The maximum Gasteiger partial charge on any atom is 0.530 e. The highest BCUT2D eigenvalue weighted by molar-refractivity contribution is 5.63. The van der Waals surface area contributed by atoms with Crippen molar-refractivity contribution in [2.24, 2.45) is 0 Å². The van der Waals surface area contributed by atoms with Gasteiger partial charge in [-0.05, 0) is 6.07 Å². The van der Waals surface area contributed by atoms with Crippen LogP contribution in [-0.4, -0.2) is 4.73 Å². The molecule has 2 aromatic rings. The van der Waals surface area contributed by atoms with Gasteiger partial charge in [0.05, 0.1) is 6.20 Å². The lowest BCUT2D eigenvalue weighted by Crippen LogP contribution is -2.36. The molecule has 0 aliphatic heterocycles. The monoisotopic (exact) mass is 179 g/mol. The second kappa shape index (κ2) is 2.44.